The van der Waals surface area contributed by atoms with Crippen LogP contribution in [0.15, 0.2) is 4.99 Å². The maximum atomic E-state index is 12.5. The van der Waals surface area contributed by atoms with Gasteiger partial charge in [-0.3, -0.25) is 14.7 Å². The summed E-state index contributed by atoms with van der Waals surface area (Å²) in [4.78, 5) is 23.8. The standard InChI is InChI=1S/C22H41N5O4/c1-2-23-22(24-6-3-13-31-19-20-4-14-29-15-5-20)27-9-7-25(8-10-27)18-21(28)26-11-16-30-17-12-26/h20H,2-19H2,1H3,(H,23,24). The van der Waals surface area contributed by atoms with Crippen LogP contribution in [0.25, 0.3) is 0 Å². The van der Waals surface area contributed by atoms with Crippen molar-refractivity contribution in [3.8, 4) is 0 Å². The zero-order chi connectivity index (χ0) is 21.7. The second kappa shape index (κ2) is 13.9. The Morgan fingerprint density at radius 1 is 1.00 bits per heavy atom. The van der Waals surface area contributed by atoms with Gasteiger partial charge in [-0.2, -0.15) is 0 Å². The number of carbonyl (C=O) groups is 1. The molecule has 0 aromatic rings. The fourth-order valence-corrected chi connectivity index (χ4v) is 4.16. The summed E-state index contributed by atoms with van der Waals surface area (Å²) in [7, 11) is 0. The average Bonchev–Trinajstić information content (AvgIpc) is 2.82. The summed E-state index contributed by atoms with van der Waals surface area (Å²) in [6.45, 7) is 13.9. The van der Waals surface area contributed by atoms with Crippen LogP contribution >= 0.6 is 0 Å². The third-order valence-corrected chi connectivity index (χ3v) is 6.13. The number of morpholine rings is 1. The Kier molecular flexibility index (Phi) is 10.8. The van der Waals surface area contributed by atoms with Crippen LogP contribution in [0.3, 0.4) is 0 Å². The van der Waals surface area contributed by atoms with E-state index in [9.17, 15) is 4.79 Å². The van der Waals surface area contributed by atoms with Gasteiger partial charge in [0.15, 0.2) is 5.96 Å². The lowest BCUT2D eigenvalue weighted by Crippen LogP contribution is -2.55. The Morgan fingerprint density at radius 2 is 1.71 bits per heavy atom. The number of ether oxygens (including phenoxy) is 3. The molecule has 178 valence electrons. The summed E-state index contributed by atoms with van der Waals surface area (Å²) >= 11 is 0. The molecule has 0 saturated carbocycles. The van der Waals surface area contributed by atoms with Crippen LogP contribution < -0.4 is 5.32 Å². The molecule has 1 N–H and O–H groups in total. The van der Waals surface area contributed by atoms with Gasteiger partial charge in [0.05, 0.1) is 19.8 Å². The fourth-order valence-electron chi connectivity index (χ4n) is 4.16. The first-order chi connectivity index (χ1) is 15.3. The number of guanidine groups is 1. The molecular formula is C22H41N5O4. The Morgan fingerprint density at radius 3 is 2.42 bits per heavy atom. The first-order valence-electron chi connectivity index (χ1n) is 12.0. The highest BCUT2D eigenvalue weighted by atomic mass is 16.5. The van der Waals surface area contributed by atoms with Gasteiger partial charge in [0.25, 0.3) is 0 Å². The summed E-state index contributed by atoms with van der Waals surface area (Å²) in [5, 5.41) is 3.42. The van der Waals surface area contributed by atoms with Gasteiger partial charge in [-0.05, 0) is 32.1 Å². The van der Waals surface area contributed by atoms with Crippen molar-refractivity contribution in [2.24, 2.45) is 10.9 Å². The van der Waals surface area contributed by atoms with E-state index in [0.717, 1.165) is 104 Å². The molecule has 0 unspecified atom stereocenters. The molecule has 0 spiro atoms. The molecule has 9 heteroatoms. The Balaban J connectivity index is 1.32. The third-order valence-electron chi connectivity index (χ3n) is 6.13. The van der Waals surface area contributed by atoms with Crippen LogP contribution in [-0.2, 0) is 19.0 Å². The maximum absolute atomic E-state index is 12.5. The van der Waals surface area contributed by atoms with Crippen molar-refractivity contribution in [2.75, 3.05) is 98.5 Å². The van der Waals surface area contributed by atoms with Crippen molar-refractivity contribution < 1.29 is 19.0 Å². The molecule has 0 aliphatic carbocycles. The molecule has 3 fully saturated rings. The van der Waals surface area contributed by atoms with E-state index in [-0.39, 0.29) is 5.91 Å². The van der Waals surface area contributed by atoms with Crippen LogP contribution in [0.2, 0.25) is 0 Å². The quantitative estimate of drug-likeness (QED) is 0.314. The summed E-state index contributed by atoms with van der Waals surface area (Å²) < 4.78 is 16.6. The molecule has 3 saturated heterocycles. The lowest BCUT2D eigenvalue weighted by molar-refractivity contribution is -0.136. The Bertz CT molecular complexity index is 542. The second-order valence-corrected chi connectivity index (χ2v) is 8.48. The van der Waals surface area contributed by atoms with Crippen molar-refractivity contribution in [3.63, 3.8) is 0 Å². The summed E-state index contributed by atoms with van der Waals surface area (Å²) in [5.41, 5.74) is 0. The SMILES string of the molecule is CCNC(=NCCCOCC1CCOCC1)N1CCN(CC(=O)N2CCOCC2)CC1. The van der Waals surface area contributed by atoms with E-state index in [1.807, 2.05) is 4.90 Å². The van der Waals surface area contributed by atoms with Crippen LogP contribution in [-0.4, -0.2) is 125 Å². The molecule has 1 amide bonds. The van der Waals surface area contributed by atoms with Crippen molar-refractivity contribution in [1.29, 1.82) is 0 Å². The molecule has 9 nitrogen and oxygen atoms in total. The number of nitrogens with one attached hydrogen (secondary N) is 1. The lowest BCUT2D eigenvalue weighted by atomic mass is 10.0. The van der Waals surface area contributed by atoms with Gasteiger partial charge in [-0.25, -0.2) is 0 Å². The number of aliphatic imine (C=N–C) groups is 1. The number of hydrogen-bond donors (Lipinski definition) is 1. The highest BCUT2D eigenvalue weighted by Crippen LogP contribution is 2.14. The predicted molar refractivity (Wildman–Crippen MR) is 120 cm³/mol. The molecule has 0 bridgehead atoms. The minimum Gasteiger partial charge on any atom is -0.381 e. The number of amides is 1. The Hall–Kier alpha value is -1.42. The minimum atomic E-state index is 0.220. The molecule has 3 rings (SSSR count). The number of rotatable bonds is 9. The maximum Gasteiger partial charge on any atom is 0.236 e. The van der Waals surface area contributed by atoms with Crippen LogP contribution in [0.1, 0.15) is 26.2 Å². The first kappa shape index (κ1) is 24.2. The van der Waals surface area contributed by atoms with Gasteiger partial charge in [0.1, 0.15) is 0 Å². The predicted octanol–water partition coefficient (Wildman–Crippen LogP) is 0.262. The topological polar surface area (TPSA) is 78.9 Å². The normalized spacial score (nSPS) is 22.0. The van der Waals surface area contributed by atoms with Crippen molar-refractivity contribution in [1.82, 2.24) is 20.0 Å². The molecule has 3 aliphatic heterocycles. The molecule has 0 radical (unpaired) electrons. The summed E-state index contributed by atoms with van der Waals surface area (Å²) in [6.07, 6.45) is 3.17. The van der Waals surface area contributed by atoms with E-state index in [2.05, 4.69) is 22.0 Å². The smallest absolute Gasteiger partial charge is 0.236 e. The Labute approximate surface area is 187 Å². The van der Waals surface area contributed by atoms with Gasteiger partial charge in [-0.15, -0.1) is 0 Å². The highest BCUT2D eigenvalue weighted by Gasteiger charge is 2.24. The molecular weight excluding hydrogens is 398 g/mol. The van der Waals surface area contributed by atoms with Gasteiger partial charge in [0, 0.05) is 78.8 Å². The van der Waals surface area contributed by atoms with E-state index < -0.39 is 0 Å². The van der Waals surface area contributed by atoms with E-state index in [4.69, 9.17) is 19.2 Å². The van der Waals surface area contributed by atoms with Crippen LogP contribution in [0, 0.1) is 5.92 Å². The van der Waals surface area contributed by atoms with E-state index in [0.29, 0.717) is 25.7 Å². The van der Waals surface area contributed by atoms with Gasteiger partial charge < -0.3 is 29.3 Å². The summed E-state index contributed by atoms with van der Waals surface area (Å²) in [6, 6.07) is 0. The molecule has 0 aromatic carbocycles. The third kappa shape index (κ3) is 8.56. The molecule has 31 heavy (non-hydrogen) atoms. The second-order valence-electron chi connectivity index (χ2n) is 8.48. The van der Waals surface area contributed by atoms with Gasteiger partial charge in [0.2, 0.25) is 5.91 Å². The first-order valence-corrected chi connectivity index (χ1v) is 12.0. The van der Waals surface area contributed by atoms with Crippen LogP contribution in [0.4, 0.5) is 0 Å². The number of hydrogen-bond acceptors (Lipinski definition) is 6. The van der Waals surface area contributed by atoms with Crippen LogP contribution in [0.5, 0.6) is 0 Å². The van der Waals surface area contributed by atoms with E-state index >= 15 is 0 Å². The molecule has 3 heterocycles. The largest absolute Gasteiger partial charge is 0.381 e. The van der Waals surface area contributed by atoms with Crippen molar-refractivity contribution >= 4 is 11.9 Å². The number of carbonyl (C=O) groups excluding carboxylic acids is 1. The minimum absolute atomic E-state index is 0.220. The molecule has 0 aromatic heterocycles. The molecule has 0 atom stereocenters. The monoisotopic (exact) mass is 439 g/mol. The van der Waals surface area contributed by atoms with E-state index in [1.54, 1.807) is 0 Å². The van der Waals surface area contributed by atoms with Crippen molar-refractivity contribution in [2.45, 2.75) is 26.2 Å². The fraction of sp³-hybridized carbons (Fsp3) is 0.909. The highest BCUT2D eigenvalue weighted by molar-refractivity contribution is 5.80. The van der Waals surface area contributed by atoms with Crippen molar-refractivity contribution in [3.05, 3.63) is 0 Å². The van der Waals surface area contributed by atoms with Gasteiger partial charge in [-0.1, -0.05) is 0 Å². The van der Waals surface area contributed by atoms with Gasteiger partial charge >= 0.3 is 0 Å². The zero-order valence-corrected chi connectivity index (χ0v) is 19.2. The number of piperazine rings is 1. The molecule has 3 aliphatic rings. The number of nitrogens with zero attached hydrogens (tertiary/aromatic N) is 4. The lowest BCUT2D eigenvalue weighted by Gasteiger charge is -2.37. The average molecular weight is 440 g/mol. The summed E-state index contributed by atoms with van der Waals surface area (Å²) in [5.74, 6) is 1.85. The van der Waals surface area contributed by atoms with E-state index in [1.165, 1.54) is 0 Å². The zero-order valence-electron chi connectivity index (χ0n) is 19.2.